The van der Waals surface area contributed by atoms with E-state index in [1.165, 1.54) is 4.40 Å². The van der Waals surface area contributed by atoms with Crippen LogP contribution >= 0.6 is 0 Å². The monoisotopic (exact) mass is 361 g/mol. The molecule has 2 N–H and O–H groups in total. The molecule has 1 fully saturated rings. The van der Waals surface area contributed by atoms with Gasteiger partial charge >= 0.3 is 5.69 Å². The summed E-state index contributed by atoms with van der Waals surface area (Å²) >= 11 is 0. The van der Waals surface area contributed by atoms with Gasteiger partial charge in [-0.3, -0.25) is 9.69 Å². The van der Waals surface area contributed by atoms with Gasteiger partial charge < -0.3 is 10.1 Å². The van der Waals surface area contributed by atoms with Crippen molar-refractivity contribution in [3.63, 3.8) is 0 Å². The average Bonchev–Trinajstić information content (AvgIpc) is 3.07. The fraction of sp³-hybridized carbons (Fsp3) is 0.611. The smallest absolute Gasteiger partial charge is 0.347 e. The lowest BCUT2D eigenvalue weighted by Crippen LogP contribution is -2.52. The van der Waals surface area contributed by atoms with E-state index in [1.807, 2.05) is 0 Å². The molecular weight excluding hydrogens is 334 g/mol. The van der Waals surface area contributed by atoms with Crippen LogP contribution in [0.1, 0.15) is 37.0 Å². The minimum atomic E-state index is -0.349. The second-order valence-corrected chi connectivity index (χ2v) is 6.65. The zero-order chi connectivity index (χ0) is 18.5. The Morgan fingerprint density at radius 3 is 2.77 bits per heavy atom. The van der Waals surface area contributed by atoms with Crippen molar-refractivity contribution in [1.82, 2.24) is 24.8 Å². The summed E-state index contributed by atoms with van der Waals surface area (Å²) in [6.45, 7) is 8.21. The Hall–Kier alpha value is -2.19. The molecule has 2 aromatic rings. The molecule has 0 spiro atoms. The first-order valence-electron chi connectivity index (χ1n) is 9.31. The molecule has 3 rings (SSSR count). The molecule has 0 radical (unpaired) electrons. The maximum Gasteiger partial charge on any atom is 0.347 e. The highest BCUT2D eigenvalue weighted by Crippen LogP contribution is 2.20. The molecule has 8 heteroatoms. The van der Waals surface area contributed by atoms with Crippen LogP contribution in [0, 0.1) is 5.92 Å². The molecule has 0 saturated carbocycles. The van der Waals surface area contributed by atoms with Gasteiger partial charge in [0.25, 0.3) is 5.91 Å². The lowest BCUT2D eigenvalue weighted by atomic mass is 9.92. The highest BCUT2D eigenvalue weighted by Gasteiger charge is 2.27. The summed E-state index contributed by atoms with van der Waals surface area (Å²) < 4.78 is 6.81. The lowest BCUT2D eigenvalue weighted by molar-refractivity contribution is 0.00191. The summed E-state index contributed by atoms with van der Waals surface area (Å²) in [5.41, 5.74) is 0.398. The highest BCUT2D eigenvalue weighted by molar-refractivity contribution is 5.99. The number of pyridine rings is 1. The van der Waals surface area contributed by atoms with E-state index < -0.39 is 0 Å². The Kier molecular flexibility index (Phi) is 6.05. The van der Waals surface area contributed by atoms with Gasteiger partial charge in [0.2, 0.25) is 0 Å². The van der Waals surface area contributed by atoms with Crippen molar-refractivity contribution >= 4 is 11.6 Å². The highest BCUT2D eigenvalue weighted by atomic mass is 16.5. The van der Waals surface area contributed by atoms with E-state index in [0.29, 0.717) is 23.7 Å². The third-order valence-corrected chi connectivity index (χ3v) is 5.27. The molecule has 3 heterocycles. The molecule has 8 nitrogen and oxygen atoms in total. The molecule has 1 atom stereocenters. The van der Waals surface area contributed by atoms with Crippen LogP contribution in [-0.2, 0) is 4.74 Å². The number of rotatable bonds is 7. The first kappa shape index (κ1) is 18.6. The Morgan fingerprint density at radius 1 is 1.35 bits per heavy atom. The van der Waals surface area contributed by atoms with Crippen LogP contribution in [-0.4, -0.2) is 64.3 Å². The zero-order valence-corrected chi connectivity index (χ0v) is 15.4. The minimum Gasteiger partial charge on any atom is -0.379 e. The van der Waals surface area contributed by atoms with Gasteiger partial charge in [-0.2, -0.15) is 5.10 Å². The maximum atomic E-state index is 12.7. The van der Waals surface area contributed by atoms with Gasteiger partial charge in [0, 0.05) is 31.9 Å². The number of carbonyl (C=O) groups excluding carboxylic acids is 1. The van der Waals surface area contributed by atoms with Crippen LogP contribution in [0.25, 0.3) is 5.65 Å². The number of nitrogens with zero attached hydrogens (tertiary/aromatic N) is 3. The van der Waals surface area contributed by atoms with Gasteiger partial charge in [-0.15, -0.1) is 0 Å². The van der Waals surface area contributed by atoms with Crippen molar-refractivity contribution in [1.29, 1.82) is 0 Å². The number of ether oxygens (including phenoxy) is 1. The van der Waals surface area contributed by atoms with Crippen LogP contribution in [0.2, 0.25) is 0 Å². The third kappa shape index (κ3) is 3.81. The van der Waals surface area contributed by atoms with Gasteiger partial charge in [-0.1, -0.05) is 26.7 Å². The van der Waals surface area contributed by atoms with Crippen molar-refractivity contribution in [3.05, 3.63) is 34.4 Å². The molecule has 0 aromatic carbocycles. The number of nitrogens with one attached hydrogen (secondary N) is 2. The van der Waals surface area contributed by atoms with Crippen LogP contribution in [0.15, 0.2) is 23.1 Å². The Balaban J connectivity index is 1.74. The first-order chi connectivity index (χ1) is 12.7. The fourth-order valence-corrected chi connectivity index (χ4v) is 3.74. The normalized spacial score (nSPS) is 16.9. The quantitative estimate of drug-likeness (QED) is 0.764. The summed E-state index contributed by atoms with van der Waals surface area (Å²) in [6, 6.07) is 3.64. The number of hydrogen-bond donors (Lipinski definition) is 2. The fourth-order valence-electron chi connectivity index (χ4n) is 3.74. The van der Waals surface area contributed by atoms with E-state index in [9.17, 15) is 9.59 Å². The number of carbonyl (C=O) groups is 1. The van der Waals surface area contributed by atoms with E-state index in [4.69, 9.17) is 4.74 Å². The molecule has 0 unspecified atom stereocenters. The van der Waals surface area contributed by atoms with Gasteiger partial charge in [-0.05, 0) is 18.1 Å². The van der Waals surface area contributed by atoms with Crippen molar-refractivity contribution in [3.8, 4) is 0 Å². The summed E-state index contributed by atoms with van der Waals surface area (Å²) in [6.07, 6.45) is 3.73. The Labute approximate surface area is 152 Å². The number of hydrogen-bond acceptors (Lipinski definition) is 5. The number of morpholine rings is 1. The molecular formula is C18H27N5O3. The van der Waals surface area contributed by atoms with E-state index in [-0.39, 0.29) is 17.6 Å². The van der Waals surface area contributed by atoms with E-state index >= 15 is 0 Å². The van der Waals surface area contributed by atoms with Crippen LogP contribution < -0.4 is 11.0 Å². The van der Waals surface area contributed by atoms with E-state index in [1.54, 1.807) is 18.3 Å². The third-order valence-electron chi connectivity index (χ3n) is 5.27. The molecule has 0 bridgehead atoms. The van der Waals surface area contributed by atoms with Crippen molar-refractivity contribution in [2.24, 2.45) is 5.92 Å². The predicted octanol–water partition coefficient (Wildman–Crippen LogP) is 0.889. The maximum absolute atomic E-state index is 12.7. The van der Waals surface area contributed by atoms with Crippen molar-refractivity contribution < 1.29 is 9.53 Å². The molecule has 1 aliphatic heterocycles. The summed E-state index contributed by atoms with van der Waals surface area (Å²) in [7, 11) is 0. The lowest BCUT2D eigenvalue weighted by Gasteiger charge is -2.38. The largest absolute Gasteiger partial charge is 0.379 e. The summed E-state index contributed by atoms with van der Waals surface area (Å²) in [5, 5.41) is 9.40. The van der Waals surface area contributed by atoms with Crippen LogP contribution in [0.5, 0.6) is 0 Å². The molecule has 1 amide bonds. The van der Waals surface area contributed by atoms with E-state index in [2.05, 4.69) is 34.3 Å². The van der Waals surface area contributed by atoms with E-state index in [0.717, 1.165) is 39.1 Å². The average molecular weight is 361 g/mol. The molecule has 0 aliphatic carbocycles. The second-order valence-electron chi connectivity index (χ2n) is 6.65. The van der Waals surface area contributed by atoms with Crippen molar-refractivity contribution in [2.45, 2.75) is 32.7 Å². The Bertz CT molecular complexity index is 789. The standard InChI is InChI=1S/C18H27N5O3/c1-3-13(4-2)15(22-8-10-26-11-9-22)12-19-17(24)14-6-5-7-23-16(14)20-21-18(23)25/h5-7,13,15H,3-4,8-12H2,1-2H3,(H,19,24)(H,21,25)/t15-/m0/s1. The summed E-state index contributed by atoms with van der Waals surface area (Å²) in [5.74, 6) is 0.302. The predicted molar refractivity (Wildman–Crippen MR) is 98.4 cm³/mol. The Morgan fingerprint density at radius 2 is 2.08 bits per heavy atom. The summed E-state index contributed by atoms with van der Waals surface area (Å²) in [4.78, 5) is 26.8. The zero-order valence-electron chi connectivity index (χ0n) is 15.4. The molecule has 1 aliphatic rings. The number of fused-ring (bicyclic) bond motifs is 1. The molecule has 2 aromatic heterocycles. The van der Waals surface area contributed by atoms with Crippen LogP contribution in [0.3, 0.4) is 0 Å². The van der Waals surface area contributed by atoms with Gasteiger partial charge in [0.15, 0.2) is 5.65 Å². The van der Waals surface area contributed by atoms with Crippen molar-refractivity contribution in [2.75, 3.05) is 32.8 Å². The molecule has 26 heavy (non-hydrogen) atoms. The topological polar surface area (TPSA) is 91.7 Å². The number of aromatic amines is 1. The van der Waals surface area contributed by atoms with Crippen LogP contribution in [0.4, 0.5) is 0 Å². The minimum absolute atomic E-state index is 0.209. The number of amides is 1. The van der Waals surface area contributed by atoms with Gasteiger partial charge in [0.1, 0.15) is 0 Å². The second kappa shape index (κ2) is 8.46. The molecule has 142 valence electrons. The molecule has 1 saturated heterocycles. The number of H-pyrrole nitrogens is 1. The van der Waals surface area contributed by atoms with Gasteiger partial charge in [0.05, 0.1) is 18.8 Å². The number of aromatic nitrogens is 3. The SMILES string of the molecule is CCC(CC)[C@H](CNC(=O)c1cccn2c(=O)[nH]nc12)N1CCOCC1. The van der Waals surface area contributed by atoms with Gasteiger partial charge in [-0.25, -0.2) is 14.3 Å². The first-order valence-corrected chi connectivity index (χ1v) is 9.31.